The number of ether oxygens (including phenoxy) is 2. The fourth-order valence-electron chi connectivity index (χ4n) is 1.46. The number of hydrogen-bond acceptors (Lipinski definition) is 5. The summed E-state index contributed by atoms with van der Waals surface area (Å²) in [5.41, 5.74) is 0.669. The van der Waals surface area contributed by atoms with Gasteiger partial charge >= 0.3 is 0 Å². The van der Waals surface area contributed by atoms with Gasteiger partial charge in [-0.15, -0.1) is 10.2 Å². The van der Waals surface area contributed by atoms with Crippen LogP contribution in [0.3, 0.4) is 0 Å². The molecule has 0 spiro atoms. The van der Waals surface area contributed by atoms with Gasteiger partial charge in [0.15, 0.2) is 10.5 Å². The number of hydrogen-bond donors (Lipinski definition) is 0. The lowest BCUT2D eigenvalue weighted by molar-refractivity contribution is -0.0507. The topological polar surface area (TPSA) is 61.5 Å². The van der Waals surface area contributed by atoms with Crippen LogP contribution >= 0.6 is 15.9 Å². The van der Waals surface area contributed by atoms with Crippen LogP contribution in [0.2, 0.25) is 0 Å². The first-order chi connectivity index (χ1) is 7.84. The standard InChI is InChI=1S/C9H9BrN4O2/c10-9-11-1-7(8-13-12-5-14(8)9)16-4-6-2-15-3-6/h1,5-6H,2-4H2. The maximum absolute atomic E-state index is 5.65. The van der Waals surface area contributed by atoms with E-state index in [9.17, 15) is 0 Å². The van der Waals surface area contributed by atoms with Gasteiger partial charge in [0, 0.05) is 5.92 Å². The third-order valence-electron chi connectivity index (χ3n) is 2.44. The van der Waals surface area contributed by atoms with E-state index < -0.39 is 0 Å². The lowest BCUT2D eigenvalue weighted by Crippen LogP contribution is -2.32. The molecule has 1 aliphatic rings. The first-order valence-corrected chi connectivity index (χ1v) is 5.68. The molecule has 0 saturated carbocycles. The summed E-state index contributed by atoms with van der Waals surface area (Å²) in [5.74, 6) is 1.12. The predicted molar refractivity (Wildman–Crippen MR) is 58.3 cm³/mol. The van der Waals surface area contributed by atoms with Gasteiger partial charge in [0.05, 0.1) is 26.0 Å². The van der Waals surface area contributed by atoms with Crippen LogP contribution in [-0.4, -0.2) is 39.4 Å². The Balaban J connectivity index is 1.85. The van der Waals surface area contributed by atoms with Crippen molar-refractivity contribution in [3.05, 3.63) is 17.3 Å². The molecule has 84 valence electrons. The molecule has 1 saturated heterocycles. The highest BCUT2D eigenvalue weighted by Crippen LogP contribution is 2.21. The van der Waals surface area contributed by atoms with Crippen molar-refractivity contribution in [2.45, 2.75) is 0 Å². The summed E-state index contributed by atoms with van der Waals surface area (Å²) in [5, 5.41) is 7.81. The Bertz CT molecular complexity index is 511. The molecule has 0 N–H and O–H groups in total. The number of fused-ring (bicyclic) bond motifs is 1. The predicted octanol–water partition coefficient (Wildman–Crippen LogP) is 0.912. The first-order valence-electron chi connectivity index (χ1n) is 4.89. The molecule has 3 rings (SSSR count). The van der Waals surface area contributed by atoms with Crippen LogP contribution in [0.25, 0.3) is 5.65 Å². The molecule has 0 amide bonds. The van der Waals surface area contributed by atoms with Gasteiger partial charge in [-0.05, 0) is 15.9 Å². The van der Waals surface area contributed by atoms with Gasteiger partial charge in [0.1, 0.15) is 6.33 Å². The summed E-state index contributed by atoms with van der Waals surface area (Å²) < 4.78 is 13.1. The highest BCUT2D eigenvalue weighted by Gasteiger charge is 2.20. The second-order valence-corrected chi connectivity index (χ2v) is 4.34. The Morgan fingerprint density at radius 2 is 2.44 bits per heavy atom. The Kier molecular flexibility index (Phi) is 2.49. The van der Waals surface area contributed by atoms with E-state index in [2.05, 4.69) is 31.1 Å². The summed E-state index contributed by atoms with van der Waals surface area (Å²) in [6.45, 7) is 2.17. The van der Waals surface area contributed by atoms with Crippen molar-refractivity contribution in [2.75, 3.05) is 19.8 Å². The van der Waals surface area contributed by atoms with Crippen molar-refractivity contribution < 1.29 is 9.47 Å². The van der Waals surface area contributed by atoms with Crippen molar-refractivity contribution in [3.8, 4) is 5.75 Å². The van der Waals surface area contributed by atoms with Gasteiger partial charge in [-0.2, -0.15) is 0 Å². The molecule has 1 aliphatic heterocycles. The summed E-state index contributed by atoms with van der Waals surface area (Å²) in [7, 11) is 0. The van der Waals surface area contributed by atoms with Gasteiger partial charge in [0.2, 0.25) is 5.65 Å². The molecular weight excluding hydrogens is 276 g/mol. The maximum Gasteiger partial charge on any atom is 0.206 e. The quantitative estimate of drug-likeness (QED) is 0.784. The summed E-state index contributed by atoms with van der Waals surface area (Å²) in [4.78, 5) is 4.14. The molecule has 3 heterocycles. The van der Waals surface area contributed by atoms with E-state index in [0.29, 0.717) is 28.7 Å². The van der Waals surface area contributed by atoms with Crippen molar-refractivity contribution in [2.24, 2.45) is 5.92 Å². The van der Waals surface area contributed by atoms with Crippen LogP contribution < -0.4 is 4.74 Å². The van der Waals surface area contributed by atoms with Crippen LogP contribution in [0, 0.1) is 5.92 Å². The van der Waals surface area contributed by atoms with Crippen molar-refractivity contribution in [1.82, 2.24) is 19.6 Å². The smallest absolute Gasteiger partial charge is 0.206 e. The Labute approximate surface area is 99.7 Å². The highest BCUT2D eigenvalue weighted by molar-refractivity contribution is 9.10. The normalized spacial score (nSPS) is 16.3. The zero-order chi connectivity index (χ0) is 11.0. The minimum absolute atomic E-state index is 0.478. The second-order valence-electron chi connectivity index (χ2n) is 3.63. The molecule has 0 aromatic carbocycles. The molecule has 16 heavy (non-hydrogen) atoms. The third-order valence-corrected chi connectivity index (χ3v) is 3.02. The highest BCUT2D eigenvalue weighted by atomic mass is 79.9. The molecule has 0 atom stereocenters. The van der Waals surface area contributed by atoms with E-state index in [1.54, 1.807) is 16.9 Å². The zero-order valence-electron chi connectivity index (χ0n) is 8.34. The average molecular weight is 285 g/mol. The van der Waals surface area contributed by atoms with E-state index in [-0.39, 0.29) is 0 Å². The number of aromatic nitrogens is 4. The van der Waals surface area contributed by atoms with Crippen LogP contribution in [0.15, 0.2) is 17.3 Å². The summed E-state index contributed by atoms with van der Waals surface area (Å²) in [6, 6.07) is 0. The Hall–Kier alpha value is -1.21. The minimum atomic E-state index is 0.478. The molecule has 0 aliphatic carbocycles. The third kappa shape index (κ3) is 1.65. The van der Waals surface area contributed by atoms with Crippen LogP contribution in [0.1, 0.15) is 0 Å². The van der Waals surface area contributed by atoms with Crippen LogP contribution in [-0.2, 0) is 4.74 Å². The average Bonchev–Trinajstić information content (AvgIpc) is 2.68. The molecule has 7 heteroatoms. The monoisotopic (exact) mass is 284 g/mol. The molecule has 0 radical (unpaired) electrons. The lowest BCUT2D eigenvalue weighted by Gasteiger charge is -2.25. The number of rotatable bonds is 3. The van der Waals surface area contributed by atoms with Crippen molar-refractivity contribution in [3.63, 3.8) is 0 Å². The van der Waals surface area contributed by atoms with Gasteiger partial charge in [0.25, 0.3) is 0 Å². The minimum Gasteiger partial charge on any atom is -0.488 e. The van der Waals surface area contributed by atoms with Gasteiger partial charge in [-0.3, -0.25) is 4.40 Å². The summed E-state index contributed by atoms with van der Waals surface area (Å²) in [6.07, 6.45) is 3.24. The van der Waals surface area contributed by atoms with Crippen LogP contribution in [0.5, 0.6) is 5.75 Å². The molecule has 0 unspecified atom stereocenters. The maximum atomic E-state index is 5.65. The van der Waals surface area contributed by atoms with E-state index in [1.165, 1.54) is 0 Å². The SMILES string of the molecule is Brc1ncc(OCC2COC2)c2nncn12. The lowest BCUT2D eigenvalue weighted by atomic mass is 10.1. The van der Waals surface area contributed by atoms with Crippen molar-refractivity contribution >= 4 is 21.6 Å². The molecule has 0 bridgehead atoms. The number of nitrogens with zero attached hydrogens (tertiary/aromatic N) is 4. The molecular formula is C9H9BrN4O2. The molecule has 1 fully saturated rings. The molecule has 2 aromatic heterocycles. The Morgan fingerprint density at radius 3 is 3.19 bits per heavy atom. The summed E-state index contributed by atoms with van der Waals surface area (Å²) >= 11 is 3.31. The fourth-order valence-corrected chi connectivity index (χ4v) is 1.82. The number of halogens is 1. The largest absolute Gasteiger partial charge is 0.488 e. The Morgan fingerprint density at radius 1 is 1.56 bits per heavy atom. The van der Waals surface area contributed by atoms with Crippen LogP contribution in [0.4, 0.5) is 0 Å². The van der Waals surface area contributed by atoms with E-state index >= 15 is 0 Å². The van der Waals surface area contributed by atoms with Crippen molar-refractivity contribution in [1.29, 1.82) is 0 Å². The van der Waals surface area contributed by atoms with Gasteiger partial charge in [-0.25, -0.2) is 4.98 Å². The molecule has 2 aromatic rings. The second kappa shape index (κ2) is 3.99. The van der Waals surface area contributed by atoms with Gasteiger partial charge < -0.3 is 9.47 Å². The van der Waals surface area contributed by atoms with E-state index in [4.69, 9.17) is 9.47 Å². The van der Waals surface area contributed by atoms with E-state index in [1.807, 2.05) is 0 Å². The fraction of sp³-hybridized carbons (Fsp3) is 0.444. The zero-order valence-corrected chi connectivity index (χ0v) is 9.92. The van der Waals surface area contributed by atoms with Gasteiger partial charge in [-0.1, -0.05) is 0 Å². The van der Waals surface area contributed by atoms with E-state index in [0.717, 1.165) is 13.2 Å². The first kappa shape index (κ1) is 9.98. The molecule has 6 nitrogen and oxygen atoms in total.